The second-order valence-corrected chi connectivity index (χ2v) is 3.56. The summed E-state index contributed by atoms with van der Waals surface area (Å²) in [4.78, 5) is 7.43. The Bertz CT molecular complexity index is 462. The van der Waals surface area contributed by atoms with Gasteiger partial charge < -0.3 is 4.98 Å². The molecule has 1 aromatic carbocycles. The molecule has 0 saturated carbocycles. The van der Waals surface area contributed by atoms with Gasteiger partial charge in [0, 0.05) is 11.3 Å². The molecule has 2 rings (SSSR count). The molecule has 0 spiro atoms. The fourth-order valence-corrected chi connectivity index (χ4v) is 1.63. The van der Waals surface area contributed by atoms with Crippen molar-refractivity contribution in [3.63, 3.8) is 0 Å². The summed E-state index contributed by atoms with van der Waals surface area (Å²) in [7, 11) is 0. The van der Waals surface area contributed by atoms with E-state index in [0.29, 0.717) is 5.88 Å². The third kappa shape index (κ3) is 2.02. The Balaban J connectivity index is 2.41. The van der Waals surface area contributed by atoms with E-state index >= 15 is 0 Å². The maximum atomic E-state index is 12.7. The third-order valence-electron chi connectivity index (χ3n) is 2.23. The first-order valence-corrected chi connectivity index (χ1v) is 5.11. The largest absolute Gasteiger partial charge is 0.342 e. The Labute approximate surface area is 92.1 Å². The number of hydrogen-bond donors (Lipinski definition) is 1. The molecule has 0 radical (unpaired) electrons. The molecule has 1 heterocycles. The molecule has 0 aliphatic carbocycles. The van der Waals surface area contributed by atoms with Gasteiger partial charge in [-0.05, 0) is 31.2 Å². The number of benzene rings is 1. The Hall–Kier alpha value is -1.35. The summed E-state index contributed by atoms with van der Waals surface area (Å²) < 4.78 is 12.7. The van der Waals surface area contributed by atoms with Crippen molar-refractivity contribution in [3.05, 3.63) is 41.5 Å². The average molecular weight is 225 g/mol. The zero-order valence-electron chi connectivity index (χ0n) is 8.22. The molecule has 0 fully saturated rings. The lowest BCUT2D eigenvalue weighted by Crippen LogP contribution is -1.82. The van der Waals surface area contributed by atoms with Gasteiger partial charge in [0.25, 0.3) is 0 Å². The van der Waals surface area contributed by atoms with Gasteiger partial charge in [-0.3, -0.25) is 0 Å². The fourth-order valence-electron chi connectivity index (χ4n) is 1.37. The minimum atomic E-state index is -0.250. The summed E-state index contributed by atoms with van der Waals surface area (Å²) in [6, 6.07) is 6.19. The highest BCUT2D eigenvalue weighted by Crippen LogP contribution is 2.19. The second-order valence-electron chi connectivity index (χ2n) is 3.30. The van der Waals surface area contributed by atoms with Crippen LogP contribution in [0, 0.1) is 12.7 Å². The van der Waals surface area contributed by atoms with Crippen LogP contribution in [0.25, 0.3) is 11.4 Å². The maximum absolute atomic E-state index is 12.7. The first-order chi connectivity index (χ1) is 7.20. The highest BCUT2D eigenvalue weighted by Gasteiger charge is 2.07. The van der Waals surface area contributed by atoms with E-state index in [0.717, 1.165) is 22.8 Å². The zero-order valence-corrected chi connectivity index (χ0v) is 8.98. The number of nitrogens with zero attached hydrogens (tertiary/aromatic N) is 1. The lowest BCUT2D eigenvalue weighted by atomic mass is 10.2. The molecule has 0 bridgehead atoms. The predicted octanol–water partition coefficient (Wildman–Crippen LogP) is 3.26. The van der Waals surface area contributed by atoms with Crippen LogP contribution in [0.2, 0.25) is 0 Å². The number of rotatable bonds is 2. The summed E-state index contributed by atoms with van der Waals surface area (Å²) in [5, 5.41) is 0. The summed E-state index contributed by atoms with van der Waals surface area (Å²) in [5.41, 5.74) is 2.64. The number of alkyl halides is 1. The molecule has 2 nitrogen and oxygen atoms in total. The van der Waals surface area contributed by atoms with Crippen molar-refractivity contribution >= 4 is 11.6 Å². The van der Waals surface area contributed by atoms with Crippen LogP contribution in [0.3, 0.4) is 0 Å². The molecular formula is C11H10ClFN2. The number of hydrogen-bond acceptors (Lipinski definition) is 1. The first-order valence-electron chi connectivity index (χ1n) is 4.58. The van der Waals surface area contributed by atoms with Gasteiger partial charge in [-0.15, -0.1) is 11.6 Å². The number of imidazole rings is 1. The molecular weight excluding hydrogens is 215 g/mol. The SMILES string of the molecule is Cc1[nH]c(-c2ccc(F)cc2)nc1CCl. The van der Waals surface area contributed by atoms with E-state index < -0.39 is 0 Å². The Morgan fingerprint density at radius 3 is 2.53 bits per heavy atom. The van der Waals surface area contributed by atoms with E-state index in [9.17, 15) is 4.39 Å². The van der Waals surface area contributed by atoms with Crippen molar-refractivity contribution in [2.75, 3.05) is 0 Å². The van der Waals surface area contributed by atoms with Crippen LogP contribution < -0.4 is 0 Å². The molecule has 4 heteroatoms. The van der Waals surface area contributed by atoms with Gasteiger partial charge in [0.1, 0.15) is 11.6 Å². The molecule has 2 aromatic rings. The van der Waals surface area contributed by atoms with Crippen molar-refractivity contribution < 1.29 is 4.39 Å². The van der Waals surface area contributed by atoms with E-state index in [2.05, 4.69) is 9.97 Å². The zero-order chi connectivity index (χ0) is 10.8. The van der Waals surface area contributed by atoms with Crippen LogP contribution in [-0.4, -0.2) is 9.97 Å². The topological polar surface area (TPSA) is 28.7 Å². The van der Waals surface area contributed by atoms with Gasteiger partial charge >= 0.3 is 0 Å². The van der Waals surface area contributed by atoms with Gasteiger partial charge in [-0.25, -0.2) is 9.37 Å². The summed E-state index contributed by atoms with van der Waals surface area (Å²) in [5.74, 6) is 0.853. The van der Waals surface area contributed by atoms with Gasteiger partial charge in [0.15, 0.2) is 0 Å². The van der Waals surface area contributed by atoms with Gasteiger partial charge in [0.2, 0.25) is 0 Å². The molecule has 0 saturated heterocycles. The second kappa shape index (κ2) is 4.03. The Kier molecular flexibility index (Phi) is 2.73. The monoisotopic (exact) mass is 224 g/mol. The molecule has 78 valence electrons. The molecule has 0 unspecified atom stereocenters. The van der Waals surface area contributed by atoms with Gasteiger partial charge in [-0.1, -0.05) is 0 Å². The molecule has 15 heavy (non-hydrogen) atoms. The average Bonchev–Trinajstić information content (AvgIpc) is 2.61. The number of H-pyrrole nitrogens is 1. The highest BCUT2D eigenvalue weighted by molar-refractivity contribution is 6.17. The van der Waals surface area contributed by atoms with Crippen LogP contribution in [0.1, 0.15) is 11.4 Å². The Morgan fingerprint density at radius 2 is 2.00 bits per heavy atom. The molecule has 0 atom stereocenters. The molecule has 1 N–H and O–H groups in total. The first kappa shape index (κ1) is 10.2. The number of aromatic amines is 1. The smallest absolute Gasteiger partial charge is 0.137 e. The molecule has 0 aliphatic rings. The molecule has 0 amide bonds. The van der Waals surface area contributed by atoms with Crippen LogP contribution >= 0.6 is 11.6 Å². The summed E-state index contributed by atoms with van der Waals surface area (Å²) in [6.45, 7) is 1.91. The van der Waals surface area contributed by atoms with Crippen LogP contribution in [0.15, 0.2) is 24.3 Å². The van der Waals surface area contributed by atoms with E-state index in [1.165, 1.54) is 12.1 Å². The van der Waals surface area contributed by atoms with E-state index in [4.69, 9.17) is 11.6 Å². The van der Waals surface area contributed by atoms with Crippen molar-refractivity contribution in [3.8, 4) is 11.4 Å². The minimum Gasteiger partial charge on any atom is -0.342 e. The van der Waals surface area contributed by atoms with Crippen molar-refractivity contribution in [2.24, 2.45) is 0 Å². The normalized spacial score (nSPS) is 10.6. The van der Waals surface area contributed by atoms with Gasteiger partial charge in [-0.2, -0.15) is 0 Å². The Morgan fingerprint density at radius 1 is 1.33 bits per heavy atom. The van der Waals surface area contributed by atoms with Crippen molar-refractivity contribution in [1.29, 1.82) is 0 Å². The number of nitrogens with one attached hydrogen (secondary N) is 1. The maximum Gasteiger partial charge on any atom is 0.137 e. The van der Waals surface area contributed by atoms with E-state index in [1.54, 1.807) is 12.1 Å². The van der Waals surface area contributed by atoms with E-state index in [-0.39, 0.29) is 5.82 Å². The predicted molar refractivity (Wildman–Crippen MR) is 58.3 cm³/mol. The highest BCUT2D eigenvalue weighted by atomic mass is 35.5. The standard InChI is InChI=1S/C11H10ClFN2/c1-7-10(6-12)15-11(14-7)8-2-4-9(13)5-3-8/h2-5H,6H2,1H3,(H,14,15). The van der Waals surface area contributed by atoms with Crippen molar-refractivity contribution in [1.82, 2.24) is 9.97 Å². The lowest BCUT2D eigenvalue weighted by molar-refractivity contribution is 0.628. The number of aromatic nitrogens is 2. The minimum absolute atomic E-state index is 0.250. The quantitative estimate of drug-likeness (QED) is 0.780. The number of aryl methyl sites for hydroxylation is 1. The fraction of sp³-hybridized carbons (Fsp3) is 0.182. The third-order valence-corrected chi connectivity index (χ3v) is 2.48. The molecule has 1 aromatic heterocycles. The van der Waals surface area contributed by atoms with Crippen LogP contribution in [-0.2, 0) is 5.88 Å². The van der Waals surface area contributed by atoms with Crippen LogP contribution in [0.4, 0.5) is 4.39 Å². The summed E-state index contributed by atoms with van der Waals surface area (Å²) >= 11 is 5.72. The molecule has 0 aliphatic heterocycles. The lowest BCUT2D eigenvalue weighted by Gasteiger charge is -1.95. The summed E-state index contributed by atoms with van der Waals surface area (Å²) in [6.07, 6.45) is 0. The van der Waals surface area contributed by atoms with Gasteiger partial charge in [0.05, 0.1) is 11.6 Å². The van der Waals surface area contributed by atoms with E-state index in [1.807, 2.05) is 6.92 Å². The van der Waals surface area contributed by atoms with Crippen LogP contribution in [0.5, 0.6) is 0 Å². The number of halogens is 2. The van der Waals surface area contributed by atoms with Crippen molar-refractivity contribution in [2.45, 2.75) is 12.8 Å².